The molecule has 0 saturated heterocycles. The van der Waals surface area contributed by atoms with E-state index >= 15 is 0 Å². The van der Waals surface area contributed by atoms with E-state index in [1.165, 1.54) is 12.3 Å². The zero-order chi connectivity index (χ0) is 21.3. The normalized spacial score (nSPS) is 18.5. The summed E-state index contributed by atoms with van der Waals surface area (Å²) in [5.41, 5.74) is 1.11. The van der Waals surface area contributed by atoms with Gasteiger partial charge in [0.15, 0.2) is 11.7 Å². The highest BCUT2D eigenvalue weighted by atomic mass is 19.4. The number of hydrogen-bond donors (Lipinski definition) is 2. The van der Waals surface area contributed by atoms with Crippen LogP contribution in [0.5, 0.6) is 0 Å². The van der Waals surface area contributed by atoms with Crippen molar-refractivity contribution in [2.45, 2.75) is 44.6 Å². The summed E-state index contributed by atoms with van der Waals surface area (Å²) in [7, 11) is 0. The molecule has 10 heteroatoms. The van der Waals surface area contributed by atoms with Crippen LogP contribution in [-0.4, -0.2) is 31.6 Å². The minimum Gasteiger partial charge on any atom is -0.363 e. The van der Waals surface area contributed by atoms with Gasteiger partial charge in [-0.15, -0.1) is 0 Å². The summed E-state index contributed by atoms with van der Waals surface area (Å²) in [6.45, 7) is 2.70. The van der Waals surface area contributed by atoms with Gasteiger partial charge in [0.2, 0.25) is 0 Å². The fraction of sp³-hybridized carbons (Fsp3) is 0.350. The number of aryl methyl sites for hydroxylation is 1. The van der Waals surface area contributed by atoms with Crippen LogP contribution in [0.25, 0.3) is 0 Å². The van der Waals surface area contributed by atoms with Crippen molar-refractivity contribution in [1.82, 2.24) is 19.6 Å². The number of fused-ring (bicyclic) bond motifs is 1. The summed E-state index contributed by atoms with van der Waals surface area (Å²) in [5, 5.41) is 13.8. The molecule has 1 amide bonds. The van der Waals surface area contributed by atoms with Crippen molar-refractivity contribution < 1.29 is 18.0 Å². The molecule has 0 aliphatic carbocycles. The van der Waals surface area contributed by atoms with Crippen molar-refractivity contribution in [2.75, 3.05) is 10.6 Å². The van der Waals surface area contributed by atoms with Crippen LogP contribution in [0.3, 0.4) is 0 Å². The lowest BCUT2D eigenvalue weighted by Crippen LogP contribution is -2.35. The number of halogens is 3. The number of amides is 1. The lowest BCUT2D eigenvalue weighted by Gasteiger charge is -2.33. The molecule has 0 saturated carbocycles. The number of carbonyl (C=O) groups is 1. The van der Waals surface area contributed by atoms with Gasteiger partial charge in [-0.1, -0.05) is 37.3 Å². The zero-order valence-electron chi connectivity index (χ0n) is 16.2. The quantitative estimate of drug-likeness (QED) is 0.644. The summed E-state index contributed by atoms with van der Waals surface area (Å²) in [5.74, 6) is -0.434. The van der Waals surface area contributed by atoms with Crippen LogP contribution in [0, 0.1) is 0 Å². The molecule has 2 atom stereocenters. The Morgan fingerprint density at radius 3 is 2.77 bits per heavy atom. The second-order valence-electron chi connectivity index (χ2n) is 7.21. The van der Waals surface area contributed by atoms with Crippen LogP contribution in [0.4, 0.5) is 24.7 Å². The molecule has 2 unspecified atom stereocenters. The Labute approximate surface area is 170 Å². The second kappa shape index (κ2) is 7.85. The van der Waals surface area contributed by atoms with Gasteiger partial charge in [0.05, 0.1) is 17.9 Å². The molecular weight excluding hydrogens is 397 g/mol. The predicted octanol–water partition coefficient (Wildman–Crippen LogP) is 4.40. The van der Waals surface area contributed by atoms with Crippen LogP contribution >= 0.6 is 0 Å². The van der Waals surface area contributed by atoms with E-state index in [0.717, 1.165) is 16.7 Å². The maximum absolute atomic E-state index is 13.7. The summed E-state index contributed by atoms with van der Waals surface area (Å²) in [6, 6.07) is 7.91. The van der Waals surface area contributed by atoms with Crippen molar-refractivity contribution in [2.24, 2.45) is 0 Å². The van der Waals surface area contributed by atoms with Gasteiger partial charge in [0, 0.05) is 25.2 Å². The Hall–Kier alpha value is -3.30. The summed E-state index contributed by atoms with van der Waals surface area (Å²) in [6.07, 6.45) is -0.667. The number of benzene rings is 1. The number of carbonyl (C=O) groups excluding carboxylic acids is 1. The molecule has 1 aliphatic rings. The number of alkyl halides is 3. The molecule has 158 valence electrons. The molecule has 0 radical (unpaired) electrons. The maximum atomic E-state index is 13.7. The molecule has 4 rings (SSSR count). The van der Waals surface area contributed by atoms with Gasteiger partial charge in [-0.2, -0.15) is 23.4 Å². The molecule has 30 heavy (non-hydrogen) atoms. The number of rotatable bonds is 5. The monoisotopic (exact) mass is 418 g/mol. The first-order chi connectivity index (χ1) is 14.3. The predicted molar refractivity (Wildman–Crippen MR) is 105 cm³/mol. The molecule has 3 aromatic rings. The molecule has 1 aromatic carbocycles. The van der Waals surface area contributed by atoms with E-state index in [9.17, 15) is 18.0 Å². The third kappa shape index (κ3) is 4.03. The van der Waals surface area contributed by atoms with E-state index < -0.39 is 24.2 Å². The molecule has 7 nitrogen and oxygen atoms in total. The average Bonchev–Trinajstić information content (AvgIpc) is 3.34. The number of nitrogens with zero attached hydrogens (tertiary/aromatic N) is 4. The van der Waals surface area contributed by atoms with Crippen molar-refractivity contribution in [3.8, 4) is 0 Å². The number of hydrogen-bond acceptors (Lipinski definition) is 4. The third-order valence-electron chi connectivity index (χ3n) is 4.97. The standard InChI is InChI=1S/C20H21F3N6O/c1-2-8-28-12-14(11-24-28)25-19(30)16-10-18-26-15(13-6-4-3-5-7-13)9-17(20(21,22)23)29(18)27-16/h3-7,10-12,15,17,26H,2,8-9H2,1H3,(H,25,30). The summed E-state index contributed by atoms with van der Waals surface area (Å²) < 4.78 is 43.8. The summed E-state index contributed by atoms with van der Waals surface area (Å²) in [4.78, 5) is 12.6. The van der Waals surface area contributed by atoms with Crippen molar-refractivity contribution in [3.63, 3.8) is 0 Å². The van der Waals surface area contributed by atoms with Crippen LogP contribution in [0.15, 0.2) is 48.8 Å². The van der Waals surface area contributed by atoms with Crippen molar-refractivity contribution in [3.05, 3.63) is 60.0 Å². The molecule has 0 spiro atoms. The molecule has 0 bridgehead atoms. The van der Waals surface area contributed by atoms with Crippen LogP contribution in [0.2, 0.25) is 0 Å². The molecule has 2 aromatic heterocycles. The Balaban J connectivity index is 1.59. The number of aromatic nitrogens is 4. The van der Waals surface area contributed by atoms with Gasteiger partial charge in [-0.3, -0.25) is 9.48 Å². The largest absolute Gasteiger partial charge is 0.410 e. The topological polar surface area (TPSA) is 76.8 Å². The Kier molecular flexibility index (Phi) is 5.23. The molecule has 0 fully saturated rings. The fourth-order valence-electron chi connectivity index (χ4n) is 3.56. The first kappa shape index (κ1) is 20.0. The van der Waals surface area contributed by atoms with Gasteiger partial charge in [0.1, 0.15) is 5.82 Å². The van der Waals surface area contributed by atoms with Crippen LogP contribution in [0.1, 0.15) is 47.9 Å². The van der Waals surface area contributed by atoms with E-state index in [1.807, 2.05) is 13.0 Å². The zero-order valence-corrected chi connectivity index (χ0v) is 16.2. The van der Waals surface area contributed by atoms with E-state index in [2.05, 4.69) is 20.8 Å². The second-order valence-corrected chi connectivity index (χ2v) is 7.21. The van der Waals surface area contributed by atoms with Crippen molar-refractivity contribution in [1.29, 1.82) is 0 Å². The highest BCUT2D eigenvalue weighted by Gasteiger charge is 2.46. The SMILES string of the molecule is CCCn1cc(NC(=O)c2cc3n(n2)C(C(F)(F)F)CC(c2ccccc2)N3)cn1. The number of anilines is 2. The highest BCUT2D eigenvalue weighted by molar-refractivity contribution is 6.03. The maximum Gasteiger partial charge on any atom is 0.410 e. The Bertz CT molecular complexity index is 1030. The van der Waals surface area contributed by atoms with Crippen LogP contribution < -0.4 is 10.6 Å². The fourth-order valence-corrected chi connectivity index (χ4v) is 3.56. The van der Waals surface area contributed by atoms with E-state index in [0.29, 0.717) is 12.2 Å². The first-order valence-electron chi connectivity index (χ1n) is 9.66. The van der Waals surface area contributed by atoms with Crippen molar-refractivity contribution >= 4 is 17.4 Å². The molecular formula is C20H21F3N6O. The van der Waals surface area contributed by atoms with E-state index in [-0.39, 0.29) is 17.9 Å². The molecule has 1 aliphatic heterocycles. The third-order valence-corrected chi connectivity index (χ3v) is 4.97. The van der Waals surface area contributed by atoms with Gasteiger partial charge in [-0.25, -0.2) is 4.68 Å². The summed E-state index contributed by atoms with van der Waals surface area (Å²) >= 11 is 0. The lowest BCUT2D eigenvalue weighted by atomic mass is 9.97. The molecule has 3 heterocycles. The average molecular weight is 418 g/mol. The number of nitrogens with one attached hydrogen (secondary N) is 2. The Morgan fingerprint density at radius 2 is 2.07 bits per heavy atom. The van der Waals surface area contributed by atoms with Crippen LogP contribution in [-0.2, 0) is 6.54 Å². The minimum atomic E-state index is -4.50. The van der Waals surface area contributed by atoms with E-state index in [4.69, 9.17) is 0 Å². The molecule has 2 N–H and O–H groups in total. The van der Waals surface area contributed by atoms with Gasteiger partial charge in [-0.05, 0) is 12.0 Å². The Morgan fingerprint density at radius 1 is 1.30 bits per heavy atom. The lowest BCUT2D eigenvalue weighted by molar-refractivity contribution is -0.173. The van der Waals surface area contributed by atoms with Gasteiger partial charge >= 0.3 is 6.18 Å². The van der Waals surface area contributed by atoms with Gasteiger partial charge < -0.3 is 10.6 Å². The van der Waals surface area contributed by atoms with Gasteiger partial charge in [0.25, 0.3) is 5.91 Å². The highest BCUT2D eigenvalue weighted by Crippen LogP contribution is 2.43. The first-order valence-corrected chi connectivity index (χ1v) is 9.66. The minimum absolute atomic E-state index is 0.0938. The van der Waals surface area contributed by atoms with E-state index in [1.54, 1.807) is 35.1 Å². The smallest absolute Gasteiger partial charge is 0.363 e.